The van der Waals surface area contributed by atoms with E-state index in [9.17, 15) is 0 Å². The molecule has 0 aliphatic carbocycles. The molecule has 19 heavy (non-hydrogen) atoms. The number of fused-ring (bicyclic) bond motifs is 1. The van der Waals surface area contributed by atoms with E-state index in [0.29, 0.717) is 6.04 Å². The second-order valence-corrected chi connectivity index (χ2v) is 5.01. The van der Waals surface area contributed by atoms with Crippen molar-refractivity contribution in [1.29, 1.82) is 0 Å². The van der Waals surface area contributed by atoms with Crippen LogP contribution in [0.25, 0.3) is 10.9 Å². The number of aromatic nitrogens is 3. The Morgan fingerprint density at radius 3 is 3.00 bits per heavy atom. The number of rotatable bonds is 4. The van der Waals surface area contributed by atoms with Crippen LogP contribution in [-0.4, -0.2) is 14.8 Å². The van der Waals surface area contributed by atoms with Crippen molar-refractivity contribution >= 4 is 16.6 Å². The van der Waals surface area contributed by atoms with Gasteiger partial charge in [-0.1, -0.05) is 12.1 Å². The second-order valence-electron chi connectivity index (χ2n) is 5.01. The van der Waals surface area contributed by atoms with Crippen molar-refractivity contribution in [3.63, 3.8) is 0 Å². The molecule has 0 unspecified atom stereocenters. The maximum Gasteiger partial charge on any atom is 0.0729 e. The number of benzene rings is 1. The minimum Gasteiger partial charge on any atom is -0.378 e. The number of aromatic amines is 1. The summed E-state index contributed by atoms with van der Waals surface area (Å²) in [5, 5.41) is 9.02. The maximum atomic E-state index is 4.33. The van der Waals surface area contributed by atoms with E-state index in [1.807, 2.05) is 23.3 Å². The van der Waals surface area contributed by atoms with Crippen LogP contribution < -0.4 is 5.32 Å². The van der Waals surface area contributed by atoms with Crippen LogP contribution in [0.3, 0.4) is 0 Å². The number of anilines is 1. The standard InChI is InChI=1S/C15H18N4/c1-11(2)19-10-13(9-18-19)17-8-12-4-3-5-15-14(12)6-7-16-15/h3-7,9-11,16-17H,8H2,1-2H3. The zero-order valence-electron chi connectivity index (χ0n) is 11.2. The van der Waals surface area contributed by atoms with Gasteiger partial charge in [-0.05, 0) is 31.5 Å². The first-order chi connectivity index (χ1) is 9.24. The van der Waals surface area contributed by atoms with Crippen molar-refractivity contribution in [3.8, 4) is 0 Å². The van der Waals surface area contributed by atoms with E-state index in [1.54, 1.807) is 0 Å². The number of hydrogen-bond donors (Lipinski definition) is 2. The molecule has 4 nitrogen and oxygen atoms in total. The Hall–Kier alpha value is -2.23. The average molecular weight is 254 g/mol. The van der Waals surface area contributed by atoms with E-state index >= 15 is 0 Å². The van der Waals surface area contributed by atoms with E-state index < -0.39 is 0 Å². The Kier molecular flexibility index (Phi) is 2.99. The highest BCUT2D eigenvalue weighted by atomic mass is 15.3. The summed E-state index contributed by atoms with van der Waals surface area (Å²) in [5.41, 5.74) is 3.52. The fourth-order valence-corrected chi connectivity index (χ4v) is 2.21. The summed E-state index contributed by atoms with van der Waals surface area (Å²) in [5.74, 6) is 0. The van der Waals surface area contributed by atoms with Gasteiger partial charge in [-0.15, -0.1) is 0 Å². The zero-order chi connectivity index (χ0) is 13.2. The summed E-state index contributed by atoms with van der Waals surface area (Å²) in [4.78, 5) is 3.23. The third-order valence-electron chi connectivity index (χ3n) is 3.30. The van der Waals surface area contributed by atoms with E-state index in [1.165, 1.54) is 16.5 Å². The zero-order valence-corrected chi connectivity index (χ0v) is 11.2. The molecule has 2 heterocycles. The number of hydrogen-bond acceptors (Lipinski definition) is 2. The van der Waals surface area contributed by atoms with Crippen LogP contribution in [0.1, 0.15) is 25.5 Å². The molecular weight excluding hydrogens is 236 g/mol. The predicted octanol–water partition coefficient (Wildman–Crippen LogP) is 3.56. The summed E-state index contributed by atoms with van der Waals surface area (Å²) in [7, 11) is 0. The van der Waals surface area contributed by atoms with E-state index in [0.717, 1.165) is 12.2 Å². The molecule has 0 bridgehead atoms. The molecule has 3 rings (SSSR count). The molecule has 2 N–H and O–H groups in total. The van der Waals surface area contributed by atoms with Gasteiger partial charge >= 0.3 is 0 Å². The summed E-state index contributed by atoms with van der Waals surface area (Å²) in [6.45, 7) is 5.05. The molecule has 98 valence electrons. The van der Waals surface area contributed by atoms with Gasteiger partial charge in [0.2, 0.25) is 0 Å². The first-order valence-corrected chi connectivity index (χ1v) is 6.57. The van der Waals surface area contributed by atoms with E-state index in [4.69, 9.17) is 0 Å². The van der Waals surface area contributed by atoms with Gasteiger partial charge in [0.15, 0.2) is 0 Å². The van der Waals surface area contributed by atoms with Crippen LogP contribution in [0, 0.1) is 0 Å². The highest BCUT2D eigenvalue weighted by molar-refractivity contribution is 5.83. The number of H-pyrrole nitrogens is 1. The summed E-state index contributed by atoms with van der Waals surface area (Å²) < 4.78 is 1.96. The number of nitrogens with one attached hydrogen (secondary N) is 2. The van der Waals surface area contributed by atoms with Crippen LogP contribution in [0.5, 0.6) is 0 Å². The Morgan fingerprint density at radius 1 is 1.32 bits per heavy atom. The molecule has 3 aromatic rings. The topological polar surface area (TPSA) is 45.6 Å². The normalized spacial score (nSPS) is 11.3. The highest BCUT2D eigenvalue weighted by Crippen LogP contribution is 2.19. The quantitative estimate of drug-likeness (QED) is 0.747. The molecule has 0 saturated carbocycles. The van der Waals surface area contributed by atoms with Crippen LogP contribution in [0.15, 0.2) is 42.9 Å². The molecule has 0 saturated heterocycles. The van der Waals surface area contributed by atoms with Gasteiger partial charge in [0.25, 0.3) is 0 Å². The summed E-state index contributed by atoms with van der Waals surface area (Å²) in [6, 6.07) is 8.83. The van der Waals surface area contributed by atoms with Gasteiger partial charge in [0.05, 0.1) is 11.9 Å². The largest absolute Gasteiger partial charge is 0.378 e. The van der Waals surface area contributed by atoms with Gasteiger partial charge in [0, 0.05) is 35.9 Å². The van der Waals surface area contributed by atoms with Crippen molar-refractivity contribution < 1.29 is 0 Å². The van der Waals surface area contributed by atoms with Crippen LogP contribution in [0.4, 0.5) is 5.69 Å². The van der Waals surface area contributed by atoms with Crippen molar-refractivity contribution in [3.05, 3.63) is 48.4 Å². The Labute approximate surface area is 112 Å². The van der Waals surface area contributed by atoms with Crippen LogP contribution >= 0.6 is 0 Å². The lowest BCUT2D eigenvalue weighted by Gasteiger charge is -2.06. The van der Waals surface area contributed by atoms with Crippen molar-refractivity contribution in [2.75, 3.05) is 5.32 Å². The molecule has 0 spiro atoms. The lowest BCUT2D eigenvalue weighted by molar-refractivity contribution is 0.532. The Bertz CT molecular complexity index is 678. The smallest absolute Gasteiger partial charge is 0.0729 e. The molecule has 0 atom stereocenters. The van der Waals surface area contributed by atoms with E-state index in [2.05, 4.69) is 53.5 Å². The van der Waals surface area contributed by atoms with Crippen molar-refractivity contribution in [2.24, 2.45) is 0 Å². The lowest BCUT2D eigenvalue weighted by Crippen LogP contribution is -2.01. The molecular formula is C15H18N4. The first kappa shape index (κ1) is 11.8. The predicted molar refractivity (Wildman–Crippen MR) is 78.2 cm³/mol. The molecule has 0 fully saturated rings. The van der Waals surface area contributed by atoms with Gasteiger partial charge in [-0.3, -0.25) is 4.68 Å². The monoisotopic (exact) mass is 254 g/mol. The average Bonchev–Trinajstić information content (AvgIpc) is 3.05. The van der Waals surface area contributed by atoms with Gasteiger partial charge in [0.1, 0.15) is 0 Å². The highest BCUT2D eigenvalue weighted by Gasteiger charge is 2.04. The Morgan fingerprint density at radius 2 is 2.21 bits per heavy atom. The minimum absolute atomic E-state index is 0.392. The van der Waals surface area contributed by atoms with Gasteiger partial charge in [-0.2, -0.15) is 5.10 Å². The SMILES string of the molecule is CC(C)n1cc(NCc2cccc3[nH]ccc23)cn1. The summed E-state index contributed by atoms with van der Waals surface area (Å²) in [6.07, 6.45) is 5.89. The minimum atomic E-state index is 0.392. The second kappa shape index (κ2) is 4.80. The van der Waals surface area contributed by atoms with E-state index in [-0.39, 0.29) is 0 Å². The third-order valence-corrected chi connectivity index (χ3v) is 3.30. The van der Waals surface area contributed by atoms with Crippen LogP contribution in [0.2, 0.25) is 0 Å². The molecule has 0 radical (unpaired) electrons. The first-order valence-electron chi connectivity index (χ1n) is 6.57. The molecule has 1 aromatic carbocycles. The molecule has 2 aromatic heterocycles. The molecule has 4 heteroatoms. The van der Waals surface area contributed by atoms with Crippen molar-refractivity contribution in [2.45, 2.75) is 26.4 Å². The van der Waals surface area contributed by atoms with Crippen LogP contribution in [-0.2, 0) is 6.54 Å². The molecule has 0 aliphatic heterocycles. The number of nitrogens with zero attached hydrogens (tertiary/aromatic N) is 2. The van der Waals surface area contributed by atoms with Gasteiger partial charge < -0.3 is 10.3 Å². The lowest BCUT2D eigenvalue weighted by atomic mass is 10.1. The Balaban J connectivity index is 1.76. The van der Waals surface area contributed by atoms with Gasteiger partial charge in [-0.25, -0.2) is 0 Å². The maximum absolute atomic E-state index is 4.33. The molecule has 0 aliphatic rings. The fourth-order valence-electron chi connectivity index (χ4n) is 2.21. The van der Waals surface area contributed by atoms with Crippen molar-refractivity contribution in [1.82, 2.24) is 14.8 Å². The fraction of sp³-hybridized carbons (Fsp3) is 0.267. The molecule has 0 amide bonds. The third kappa shape index (κ3) is 2.34. The summed E-state index contributed by atoms with van der Waals surface area (Å²) >= 11 is 0.